The number of aliphatic hydroxyl groups is 1. The second-order valence-corrected chi connectivity index (χ2v) is 4.03. The molecule has 2 fully saturated rings. The second-order valence-electron chi connectivity index (χ2n) is 4.03. The minimum absolute atomic E-state index is 0.259. The summed E-state index contributed by atoms with van der Waals surface area (Å²) in [6.07, 6.45) is 0.816. The third-order valence-electron chi connectivity index (χ3n) is 2.92. The molecule has 2 N–H and O–H groups in total. The average Bonchev–Trinajstić information content (AvgIpc) is 2.60. The van der Waals surface area contributed by atoms with E-state index in [0.717, 1.165) is 6.42 Å². The fraction of sp³-hybridized carbons (Fsp3) is 0.778. The number of carboxylic acids is 1. The standard InChI is InChI=1S/C9H14N2O4/c12-6-4-10(5-6)9(15)11-3-1-2-7(11)8(13)14/h6-7,12H,1-5H2,(H,13,14). The monoisotopic (exact) mass is 214 g/mol. The zero-order chi connectivity index (χ0) is 11.0. The van der Waals surface area contributed by atoms with Crippen molar-refractivity contribution in [1.29, 1.82) is 0 Å². The normalized spacial score (nSPS) is 26.6. The highest BCUT2D eigenvalue weighted by Gasteiger charge is 2.39. The molecule has 0 radical (unpaired) electrons. The van der Waals surface area contributed by atoms with Gasteiger partial charge in [0.2, 0.25) is 0 Å². The molecule has 0 bridgehead atoms. The number of β-amino-alcohol motifs (C(OH)–C–C–N with tert-alkyl or cyclic N) is 1. The van der Waals surface area contributed by atoms with Crippen molar-refractivity contribution in [1.82, 2.24) is 9.80 Å². The third kappa shape index (κ3) is 1.77. The van der Waals surface area contributed by atoms with Crippen LogP contribution in [-0.4, -0.2) is 63.8 Å². The van der Waals surface area contributed by atoms with Gasteiger partial charge in [-0.25, -0.2) is 9.59 Å². The molecule has 2 amide bonds. The first-order valence-electron chi connectivity index (χ1n) is 5.06. The van der Waals surface area contributed by atoms with Crippen molar-refractivity contribution in [3.8, 4) is 0 Å². The Morgan fingerprint density at radius 3 is 2.47 bits per heavy atom. The average molecular weight is 214 g/mol. The van der Waals surface area contributed by atoms with Crippen LogP contribution >= 0.6 is 0 Å². The number of aliphatic hydroxyl groups excluding tert-OH is 1. The van der Waals surface area contributed by atoms with Crippen LogP contribution in [0.4, 0.5) is 4.79 Å². The van der Waals surface area contributed by atoms with E-state index in [9.17, 15) is 9.59 Å². The molecule has 2 saturated heterocycles. The minimum Gasteiger partial charge on any atom is -0.480 e. The summed E-state index contributed by atoms with van der Waals surface area (Å²) in [7, 11) is 0. The molecule has 2 aliphatic heterocycles. The molecule has 6 heteroatoms. The van der Waals surface area contributed by atoms with E-state index in [1.165, 1.54) is 9.80 Å². The van der Waals surface area contributed by atoms with Gasteiger partial charge in [-0.15, -0.1) is 0 Å². The van der Waals surface area contributed by atoms with E-state index in [4.69, 9.17) is 10.2 Å². The van der Waals surface area contributed by atoms with Crippen LogP contribution in [0, 0.1) is 0 Å². The van der Waals surface area contributed by atoms with Crippen LogP contribution in [0.2, 0.25) is 0 Å². The van der Waals surface area contributed by atoms with Crippen LogP contribution < -0.4 is 0 Å². The number of carboxylic acid groups (broad SMARTS) is 1. The molecule has 6 nitrogen and oxygen atoms in total. The fourth-order valence-corrected chi connectivity index (χ4v) is 2.05. The molecule has 0 aliphatic carbocycles. The lowest BCUT2D eigenvalue weighted by Crippen LogP contribution is -2.59. The van der Waals surface area contributed by atoms with Crippen LogP contribution in [-0.2, 0) is 4.79 Å². The molecule has 0 aromatic rings. The van der Waals surface area contributed by atoms with Crippen molar-refractivity contribution >= 4 is 12.0 Å². The maximum atomic E-state index is 11.8. The Bertz CT molecular complexity index is 288. The van der Waals surface area contributed by atoms with Crippen LogP contribution in [0.1, 0.15) is 12.8 Å². The van der Waals surface area contributed by atoms with Gasteiger partial charge in [0.1, 0.15) is 6.04 Å². The van der Waals surface area contributed by atoms with Gasteiger partial charge in [-0.1, -0.05) is 0 Å². The second kappa shape index (κ2) is 3.69. The summed E-state index contributed by atoms with van der Waals surface area (Å²) < 4.78 is 0. The van der Waals surface area contributed by atoms with Crippen molar-refractivity contribution in [2.24, 2.45) is 0 Å². The zero-order valence-corrected chi connectivity index (χ0v) is 8.30. The van der Waals surface area contributed by atoms with Crippen LogP contribution in [0.5, 0.6) is 0 Å². The smallest absolute Gasteiger partial charge is 0.326 e. The van der Waals surface area contributed by atoms with Gasteiger partial charge in [0.15, 0.2) is 0 Å². The molecular weight excluding hydrogens is 200 g/mol. The summed E-state index contributed by atoms with van der Waals surface area (Å²) in [4.78, 5) is 25.5. The SMILES string of the molecule is O=C(O)C1CCCN1C(=O)N1CC(O)C1. The highest BCUT2D eigenvalue weighted by molar-refractivity contribution is 5.83. The molecule has 2 rings (SSSR count). The van der Waals surface area contributed by atoms with E-state index in [1.54, 1.807) is 0 Å². The predicted octanol–water partition coefficient (Wildman–Crippen LogP) is -0.668. The van der Waals surface area contributed by atoms with Crippen LogP contribution in [0.25, 0.3) is 0 Å². The van der Waals surface area contributed by atoms with Crippen LogP contribution in [0.3, 0.4) is 0 Å². The molecule has 1 unspecified atom stereocenters. The largest absolute Gasteiger partial charge is 0.480 e. The van der Waals surface area contributed by atoms with E-state index in [-0.39, 0.29) is 6.03 Å². The van der Waals surface area contributed by atoms with Crippen molar-refractivity contribution < 1.29 is 19.8 Å². The maximum Gasteiger partial charge on any atom is 0.326 e. The van der Waals surface area contributed by atoms with Gasteiger partial charge in [-0.3, -0.25) is 0 Å². The topological polar surface area (TPSA) is 81.1 Å². The molecule has 0 saturated carbocycles. The van der Waals surface area contributed by atoms with E-state index in [1.807, 2.05) is 0 Å². The fourth-order valence-electron chi connectivity index (χ4n) is 2.05. The quantitative estimate of drug-likeness (QED) is 0.606. The first kappa shape index (κ1) is 10.2. The highest BCUT2D eigenvalue weighted by atomic mass is 16.4. The van der Waals surface area contributed by atoms with Gasteiger partial charge in [0.25, 0.3) is 0 Å². The summed E-state index contributed by atoms with van der Waals surface area (Å²) in [5.74, 6) is -0.943. The first-order chi connectivity index (χ1) is 7.09. The Balaban J connectivity index is 1.97. The summed E-state index contributed by atoms with van der Waals surface area (Å²) in [5, 5.41) is 18.0. The molecule has 0 spiro atoms. The first-order valence-corrected chi connectivity index (χ1v) is 5.06. The Morgan fingerprint density at radius 2 is 1.93 bits per heavy atom. The van der Waals surface area contributed by atoms with Crippen molar-refractivity contribution in [3.63, 3.8) is 0 Å². The van der Waals surface area contributed by atoms with E-state index < -0.39 is 18.1 Å². The van der Waals surface area contributed by atoms with E-state index in [0.29, 0.717) is 26.1 Å². The van der Waals surface area contributed by atoms with E-state index in [2.05, 4.69) is 0 Å². The number of aliphatic carboxylic acids is 1. The lowest BCUT2D eigenvalue weighted by molar-refractivity contribution is -0.141. The lowest BCUT2D eigenvalue weighted by Gasteiger charge is -2.39. The number of hydrogen-bond donors (Lipinski definition) is 2. The molecule has 1 atom stereocenters. The summed E-state index contributed by atoms with van der Waals surface area (Å²) in [5.41, 5.74) is 0. The van der Waals surface area contributed by atoms with Gasteiger partial charge >= 0.3 is 12.0 Å². The maximum absolute atomic E-state index is 11.8. The van der Waals surface area contributed by atoms with Gasteiger partial charge in [0, 0.05) is 6.54 Å². The van der Waals surface area contributed by atoms with Gasteiger partial charge in [-0.2, -0.15) is 0 Å². The number of hydrogen-bond acceptors (Lipinski definition) is 3. The molecule has 2 aliphatic rings. The number of amides is 2. The lowest BCUT2D eigenvalue weighted by atomic mass is 10.2. The van der Waals surface area contributed by atoms with E-state index >= 15 is 0 Å². The van der Waals surface area contributed by atoms with Crippen LogP contribution in [0.15, 0.2) is 0 Å². The minimum atomic E-state index is -0.943. The Labute approximate surface area is 87.1 Å². The Hall–Kier alpha value is -1.30. The summed E-state index contributed by atoms with van der Waals surface area (Å²) >= 11 is 0. The molecular formula is C9H14N2O4. The number of nitrogens with zero attached hydrogens (tertiary/aromatic N) is 2. The summed E-state index contributed by atoms with van der Waals surface area (Å²) in [6, 6.07) is -0.944. The highest BCUT2D eigenvalue weighted by Crippen LogP contribution is 2.21. The number of carbonyl (C=O) groups is 2. The summed E-state index contributed by atoms with van der Waals surface area (Å²) in [6.45, 7) is 1.14. The van der Waals surface area contributed by atoms with Crippen molar-refractivity contribution in [3.05, 3.63) is 0 Å². The van der Waals surface area contributed by atoms with Crippen molar-refractivity contribution in [2.75, 3.05) is 19.6 Å². The zero-order valence-electron chi connectivity index (χ0n) is 8.30. The molecule has 0 aromatic carbocycles. The number of carbonyl (C=O) groups excluding carboxylic acids is 1. The third-order valence-corrected chi connectivity index (χ3v) is 2.92. The van der Waals surface area contributed by atoms with Gasteiger partial charge in [-0.05, 0) is 12.8 Å². The molecule has 0 aromatic heterocycles. The number of rotatable bonds is 1. The molecule has 84 valence electrons. The predicted molar refractivity (Wildman–Crippen MR) is 50.3 cm³/mol. The Kier molecular flexibility index (Phi) is 2.52. The molecule has 2 heterocycles. The van der Waals surface area contributed by atoms with Gasteiger partial charge < -0.3 is 20.0 Å². The van der Waals surface area contributed by atoms with Gasteiger partial charge in [0.05, 0.1) is 19.2 Å². The molecule has 15 heavy (non-hydrogen) atoms. The number of urea groups is 1. The number of likely N-dealkylation sites (tertiary alicyclic amines) is 2. The Morgan fingerprint density at radius 1 is 1.27 bits per heavy atom. The van der Waals surface area contributed by atoms with Crippen molar-refractivity contribution in [2.45, 2.75) is 25.0 Å².